The van der Waals surface area contributed by atoms with Crippen molar-refractivity contribution in [3.63, 3.8) is 0 Å². The third-order valence-corrected chi connectivity index (χ3v) is 2.83. The number of aromatic amines is 1. The topological polar surface area (TPSA) is 46.5 Å². The quantitative estimate of drug-likeness (QED) is 0.737. The molecule has 0 spiro atoms. The van der Waals surface area contributed by atoms with Crippen molar-refractivity contribution in [2.24, 2.45) is 0 Å². The van der Waals surface area contributed by atoms with Crippen molar-refractivity contribution in [2.75, 3.05) is 0 Å². The van der Waals surface area contributed by atoms with Gasteiger partial charge in [0, 0.05) is 17.8 Å². The molecule has 1 aliphatic rings. The van der Waals surface area contributed by atoms with Crippen molar-refractivity contribution in [2.45, 2.75) is 26.3 Å². The van der Waals surface area contributed by atoms with Crippen LogP contribution in [0, 0.1) is 6.92 Å². The van der Waals surface area contributed by atoms with Crippen LogP contribution in [-0.4, -0.2) is 20.0 Å². The van der Waals surface area contributed by atoms with Gasteiger partial charge in [0.2, 0.25) is 0 Å². The third kappa shape index (κ3) is 0.937. The second kappa shape index (κ2) is 2.70. The number of nitrogens with zero attached hydrogens (tertiary/aromatic N) is 3. The summed E-state index contributed by atoms with van der Waals surface area (Å²) in [5, 5.41) is 11.4. The Balaban J connectivity index is 2.17. The number of hydrogen-bond acceptors (Lipinski definition) is 2. The molecule has 2 aromatic rings. The Morgan fingerprint density at radius 2 is 2.36 bits per heavy atom. The second-order valence-electron chi connectivity index (χ2n) is 3.76. The van der Waals surface area contributed by atoms with E-state index in [0.29, 0.717) is 0 Å². The lowest BCUT2D eigenvalue weighted by molar-refractivity contribution is 0.656. The van der Waals surface area contributed by atoms with Gasteiger partial charge in [-0.2, -0.15) is 10.2 Å². The maximum atomic E-state index is 4.36. The minimum absolute atomic E-state index is 1.06. The monoisotopic (exact) mass is 188 g/mol. The van der Waals surface area contributed by atoms with Gasteiger partial charge in [-0.3, -0.25) is 9.78 Å². The molecule has 0 saturated heterocycles. The van der Waals surface area contributed by atoms with E-state index in [9.17, 15) is 0 Å². The van der Waals surface area contributed by atoms with E-state index < -0.39 is 0 Å². The van der Waals surface area contributed by atoms with Crippen molar-refractivity contribution in [1.82, 2.24) is 20.0 Å². The Morgan fingerprint density at radius 1 is 1.43 bits per heavy atom. The van der Waals surface area contributed by atoms with Crippen LogP contribution < -0.4 is 0 Å². The Morgan fingerprint density at radius 3 is 3.14 bits per heavy atom. The maximum Gasteiger partial charge on any atom is 0.0713 e. The molecule has 4 heteroatoms. The minimum atomic E-state index is 1.06. The molecule has 0 saturated carbocycles. The highest BCUT2D eigenvalue weighted by Crippen LogP contribution is 2.28. The van der Waals surface area contributed by atoms with Crippen LogP contribution in [0.5, 0.6) is 0 Å². The Labute approximate surface area is 81.9 Å². The van der Waals surface area contributed by atoms with Gasteiger partial charge < -0.3 is 0 Å². The molecule has 3 rings (SSSR count). The largest absolute Gasteiger partial charge is 0.277 e. The van der Waals surface area contributed by atoms with Crippen LogP contribution in [-0.2, 0) is 13.0 Å². The molecule has 0 unspecified atom stereocenters. The Kier molecular flexibility index (Phi) is 1.50. The first kappa shape index (κ1) is 7.79. The molecule has 72 valence electrons. The van der Waals surface area contributed by atoms with E-state index in [1.165, 1.54) is 23.2 Å². The van der Waals surface area contributed by atoms with Crippen molar-refractivity contribution in [3.05, 3.63) is 23.7 Å². The van der Waals surface area contributed by atoms with Gasteiger partial charge in [0.15, 0.2) is 0 Å². The molecule has 0 radical (unpaired) electrons. The van der Waals surface area contributed by atoms with Crippen molar-refractivity contribution in [1.29, 1.82) is 0 Å². The van der Waals surface area contributed by atoms with E-state index in [1.54, 1.807) is 0 Å². The van der Waals surface area contributed by atoms with Crippen LogP contribution in [0.1, 0.15) is 17.7 Å². The van der Waals surface area contributed by atoms with Gasteiger partial charge in [0.25, 0.3) is 0 Å². The zero-order valence-electron chi connectivity index (χ0n) is 8.12. The summed E-state index contributed by atoms with van der Waals surface area (Å²) in [6, 6.07) is 0. The number of H-pyrrole nitrogens is 1. The molecule has 0 fully saturated rings. The smallest absolute Gasteiger partial charge is 0.0713 e. The molecular weight excluding hydrogens is 176 g/mol. The highest BCUT2D eigenvalue weighted by molar-refractivity contribution is 5.64. The summed E-state index contributed by atoms with van der Waals surface area (Å²) in [5.41, 5.74) is 4.87. The number of nitrogens with one attached hydrogen (secondary N) is 1. The molecule has 1 aliphatic heterocycles. The number of fused-ring (bicyclic) bond motifs is 1. The zero-order valence-corrected chi connectivity index (χ0v) is 8.12. The van der Waals surface area contributed by atoms with Gasteiger partial charge in [-0.15, -0.1) is 0 Å². The molecule has 0 aromatic carbocycles. The lowest BCUT2D eigenvalue weighted by Crippen LogP contribution is -1.93. The fraction of sp³-hybridized carbons (Fsp3) is 0.400. The number of hydrogen-bond donors (Lipinski definition) is 1. The number of aromatic nitrogens is 4. The van der Waals surface area contributed by atoms with Crippen molar-refractivity contribution < 1.29 is 0 Å². The molecule has 0 aliphatic carbocycles. The molecule has 2 aromatic heterocycles. The number of rotatable bonds is 1. The van der Waals surface area contributed by atoms with E-state index in [1.807, 2.05) is 12.4 Å². The average Bonchev–Trinajstić information content (AvgIpc) is 2.78. The Bertz CT molecular complexity index is 466. The summed E-state index contributed by atoms with van der Waals surface area (Å²) < 4.78 is 2.09. The summed E-state index contributed by atoms with van der Waals surface area (Å²) >= 11 is 0. The van der Waals surface area contributed by atoms with Gasteiger partial charge in [-0.1, -0.05) is 0 Å². The molecule has 14 heavy (non-hydrogen) atoms. The van der Waals surface area contributed by atoms with Crippen LogP contribution in [0.25, 0.3) is 11.3 Å². The summed E-state index contributed by atoms with van der Waals surface area (Å²) in [4.78, 5) is 0. The molecule has 4 nitrogen and oxygen atoms in total. The van der Waals surface area contributed by atoms with Gasteiger partial charge in [-0.05, 0) is 25.3 Å². The summed E-state index contributed by atoms with van der Waals surface area (Å²) in [5.74, 6) is 0. The van der Waals surface area contributed by atoms with Gasteiger partial charge in [0.05, 0.1) is 18.1 Å². The third-order valence-electron chi connectivity index (χ3n) is 2.83. The molecule has 1 N–H and O–H groups in total. The molecule has 0 bridgehead atoms. The van der Waals surface area contributed by atoms with Crippen LogP contribution >= 0.6 is 0 Å². The van der Waals surface area contributed by atoms with Crippen LogP contribution in [0.4, 0.5) is 0 Å². The Hall–Kier alpha value is -1.58. The van der Waals surface area contributed by atoms with E-state index in [-0.39, 0.29) is 0 Å². The highest BCUT2D eigenvalue weighted by atomic mass is 15.3. The van der Waals surface area contributed by atoms with Gasteiger partial charge in [0.1, 0.15) is 0 Å². The molecule has 0 atom stereocenters. The van der Waals surface area contributed by atoms with Crippen LogP contribution in [0.2, 0.25) is 0 Å². The lowest BCUT2D eigenvalue weighted by atomic mass is 10.1. The standard InChI is InChI=1S/C10H12N4/c1-7-5-11-13-10(7)8-6-12-14-4-2-3-9(8)14/h5-6H,2-4H2,1H3,(H,11,13). The van der Waals surface area contributed by atoms with Gasteiger partial charge in [-0.25, -0.2) is 0 Å². The predicted octanol–water partition coefficient (Wildman–Crippen LogP) is 1.53. The molecule has 3 heterocycles. The zero-order chi connectivity index (χ0) is 9.54. The number of aryl methyl sites for hydroxylation is 2. The first-order chi connectivity index (χ1) is 6.86. The van der Waals surface area contributed by atoms with Crippen molar-refractivity contribution in [3.8, 4) is 11.3 Å². The van der Waals surface area contributed by atoms with E-state index >= 15 is 0 Å². The fourth-order valence-electron chi connectivity index (χ4n) is 2.09. The highest BCUT2D eigenvalue weighted by Gasteiger charge is 2.18. The van der Waals surface area contributed by atoms with E-state index in [2.05, 4.69) is 26.9 Å². The average molecular weight is 188 g/mol. The van der Waals surface area contributed by atoms with Crippen LogP contribution in [0.15, 0.2) is 12.4 Å². The second-order valence-corrected chi connectivity index (χ2v) is 3.76. The van der Waals surface area contributed by atoms with E-state index in [0.717, 1.165) is 18.7 Å². The fourth-order valence-corrected chi connectivity index (χ4v) is 2.09. The van der Waals surface area contributed by atoms with E-state index in [4.69, 9.17) is 0 Å². The van der Waals surface area contributed by atoms with Crippen molar-refractivity contribution >= 4 is 0 Å². The first-order valence-electron chi connectivity index (χ1n) is 4.91. The SMILES string of the molecule is Cc1cn[nH]c1-c1cnn2c1CCC2. The molecule has 0 amide bonds. The summed E-state index contributed by atoms with van der Waals surface area (Å²) in [6.07, 6.45) is 6.14. The van der Waals surface area contributed by atoms with Gasteiger partial charge >= 0.3 is 0 Å². The summed E-state index contributed by atoms with van der Waals surface area (Å²) in [7, 11) is 0. The maximum absolute atomic E-state index is 4.36. The summed E-state index contributed by atoms with van der Waals surface area (Å²) in [6.45, 7) is 3.13. The minimum Gasteiger partial charge on any atom is -0.277 e. The normalized spacial score (nSPS) is 14.6. The first-order valence-corrected chi connectivity index (χ1v) is 4.91. The van der Waals surface area contributed by atoms with Crippen LogP contribution in [0.3, 0.4) is 0 Å². The lowest BCUT2D eigenvalue weighted by Gasteiger charge is -1.98. The predicted molar refractivity (Wildman–Crippen MR) is 52.9 cm³/mol. The molecular formula is C10H12N4.